The molecule has 136 valence electrons. The number of halogens is 4. The van der Waals surface area contributed by atoms with Gasteiger partial charge in [-0.15, -0.1) is 18.3 Å². The number of hydrogen-bond donors (Lipinski definition) is 1. The molecule has 0 spiro atoms. The summed E-state index contributed by atoms with van der Waals surface area (Å²) in [5.41, 5.74) is 2.52. The fraction of sp³-hybridized carbons (Fsp3) is 0.176. The first kappa shape index (κ1) is 18.1. The van der Waals surface area contributed by atoms with Crippen LogP contribution in [-0.4, -0.2) is 21.1 Å². The van der Waals surface area contributed by atoms with Crippen molar-refractivity contribution in [1.29, 1.82) is 0 Å². The molecule has 26 heavy (non-hydrogen) atoms. The van der Waals surface area contributed by atoms with E-state index in [9.17, 15) is 13.2 Å². The van der Waals surface area contributed by atoms with E-state index in [-0.39, 0.29) is 5.75 Å². The fourth-order valence-electron chi connectivity index (χ4n) is 2.24. The van der Waals surface area contributed by atoms with Crippen molar-refractivity contribution in [3.8, 4) is 11.4 Å². The number of rotatable bonds is 5. The van der Waals surface area contributed by atoms with Crippen molar-refractivity contribution >= 4 is 17.5 Å². The zero-order valence-electron chi connectivity index (χ0n) is 13.6. The second-order valence-electron chi connectivity index (χ2n) is 5.50. The zero-order valence-corrected chi connectivity index (χ0v) is 14.3. The van der Waals surface area contributed by atoms with Gasteiger partial charge in [-0.05, 0) is 48.4 Å². The van der Waals surface area contributed by atoms with Crippen molar-refractivity contribution in [3.63, 3.8) is 0 Å². The first-order valence-corrected chi connectivity index (χ1v) is 7.95. The quantitative estimate of drug-likeness (QED) is 0.692. The first-order chi connectivity index (χ1) is 12.3. The van der Waals surface area contributed by atoms with Crippen LogP contribution >= 0.6 is 11.6 Å². The highest BCUT2D eigenvalue weighted by Crippen LogP contribution is 2.23. The van der Waals surface area contributed by atoms with Crippen LogP contribution in [0.4, 0.5) is 19.1 Å². The van der Waals surface area contributed by atoms with Crippen LogP contribution in [0, 0.1) is 6.92 Å². The number of aromatic nitrogens is 3. The summed E-state index contributed by atoms with van der Waals surface area (Å²) < 4.78 is 41.8. The largest absolute Gasteiger partial charge is 0.573 e. The minimum absolute atomic E-state index is 0.297. The summed E-state index contributed by atoms with van der Waals surface area (Å²) in [4.78, 5) is 4.12. The number of anilines is 1. The molecule has 0 fully saturated rings. The number of hydrogen-bond acceptors (Lipinski definition) is 4. The SMILES string of the molecule is Cc1ccc(CNc2ncn(-c3ccc(OC(F)(F)F)cc3)n2)c(Cl)c1. The standard InChI is InChI=1S/C17H14ClF3N4O/c1-11-2-3-12(15(18)8-11)9-22-16-23-10-25(24-16)13-4-6-14(7-5-13)26-17(19,20)21/h2-8,10H,9H2,1H3,(H,22,24). The average molecular weight is 383 g/mol. The number of ether oxygens (including phenoxy) is 1. The van der Waals surface area contributed by atoms with Gasteiger partial charge in [0.05, 0.1) is 5.69 Å². The molecule has 9 heteroatoms. The Morgan fingerprint density at radius 3 is 2.54 bits per heavy atom. The molecule has 0 amide bonds. The second kappa shape index (κ2) is 7.25. The Balaban J connectivity index is 1.66. The van der Waals surface area contributed by atoms with Crippen molar-refractivity contribution in [1.82, 2.24) is 14.8 Å². The van der Waals surface area contributed by atoms with E-state index in [0.717, 1.165) is 11.1 Å². The van der Waals surface area contributed by atoms with Crippen LogP contribution in [0.1, 0.15) is 11.1 Å². The molecule has 5 nitrogen and oxygen atoms in total. The summed E-state index contributed by atoms with van der Waals surface area (Å²) in [6.07, 6.45) is -3.26. The van der Waals surface area contributed by atoms with Crippen LogP contribution in [0.5, 0.6) is 5.75 Å². The maximum atomic E-state index is 12.2. The predicted molar refractivity (Wildman–Crippen MR) is 91.6 cm³/mol. The van der Waals surface area contributed by atoms with Crippen LogP contribution < -0.4 is 10.1 Å². The minimum atomic E-state index is -4.72. The average Bonchev–Trinajstić information content (AvgIpc) is 3.02. The third kappa shape index (κ3) is 4.66. The van der Waals surface area contributed by atoms with E-state index in [4.69, 9.17) is 11.6 Å². The van der Waals surface area contributed by atoms with Crippen LogP contribution in [0.25, 0.3) is 5.69 Å². The van der Waals surface area contributed by atoms with Gasteiger partial charge in [0.15, 0.2) is 0 Å². The molecule has 0 aliphatic rings. The second-order valence-corrected chi connectivity index (χ2v) is 5.91. The maximum Gasteiger partial charge on any atom is 0.573 e. The lowest BCUT2D eigenvalue weighted by molar-refractivity contribution is -0.274. The third-order valence-electron chi connectivity index (χ3n) is 3.47. The molecular weight excluding hydrogens is 369 g/mol. The van der Waals surface area contributed by atoms with Crippen molar-refractivity contribution in [3.05, 3.63) is 64.9 Å². The molecule has 0 atom stereocenters. The van der Waals surface area contributed by atoms with Gasteiger partial charge in [-0.1, -0.05) is 23.7 Å². The van der Waals surface area contributed by atoms with E-state index in [1.165, 1.54) is 35.3 Å². The van der Waals surface area contributed by atoms with E-state index in [1.54, 1.807) is 0 Å². The molecule has 2 aromatic carbocycles. The highest BCUT2D eigenvalue weighted by atomic mass is 35.5. The third-order valence-corrected chi connectivity index (χ3v) is 3.82. The minimum Gasteiger partial charge on any atom is -0.406 e. The predicted octanol–water partition coefficient (Wildman–Crippen LogP) is 4.74. The molecule has 3 rings (SSSR count). The van der Waals surface area contributed by atoms with Gasteiger partial charge in [0.25, 0.3) is 0 Å². The molecule has 0 aliphatic carbocycles. The van der Waals surface area contributed by atoms with Crippen LogP contribution in [0.3, 0.4) is 0 Å². The van der Waals surface area contributed by atoms with Gasteiger partial charge < -0.3 is 10.1 Å². The van der Waals surface area contributed by atoms with E-state index >= 15 is 0 Å². The summed E-state index contributed by atoms with van der Waals surface area (Å²) in [6, 6.07) is 11.1. The van der Waals surface area contributed by atoms with Crippen molar-refractivity contribution in [2.45, 2.75) is 19.8 Å². The van der Waals surface area contributed by atoms with Crippen LogP contribution in [-0.2, 0) is 6.54 Å². The monoisotopic (exact) mass is 382 g/mol. The lowest BCUT2D eigenvalue weighted by Crippen LogP contribution is -2.17. The Kier molecular flexibility index (Phi) is 5.03. The van der Waals surface area contributed by atoms with Crippen molar-refractivity contribution in [2.24, 2.45) is 0 Å². The van der Waals surface area contributed by atoms with Crippen LogP contribution in [0.15, 0.2) is 48.8 Å². The molecule has 3 aromatic rings. The summed E-state index contributed by atoms with van der Waals surface area (Å²) in [5.74, 6) is 0.0750. The maximum absolute atomic E-state index is 12.2. The number of benzene rings is 2. The van der Waals surface area contributed by atoms with E-state index in [0.29, 0.717) is 23.2 Å². The van der Waals surface area contributed by atoms with Gasteiger partial charge >= 0.3 is 6.36 Å². The molecule has 1 heterocycles. The van der Waals surface area contributed by atoms with Gasteiger partial charge in [0.1, 0.15) is 12.1 Å². The van der Waals surface area contributed by atoms with Crippen molar-refractivity contribution < 1.29 is 17.9 Å². The summed E-state index contributed by atoms with van der Waals surface area (Å²) >= 11 is 6.18. The molecular formula is C17H14ClF3N4O. The molecule has 0 bridgehead atoms. The Morgan fingerprint density at radius 1 is 1.15 bits per heavy atom. The van der Waals surface area contributed by atoms with Gasteiger partial charge in [-0.25, -0.2) is 9.67 Å². The summed E-state index contributed by atoms with van der Waals surface area (Å²) in [5, 5.41) is 7.94. The normalized spacial score (nSPS) is 11.4. The molecule has 0 saturated carbocycles. The first-order valence-electron chi connectivity index (χ1n) is 7.57. The Bertz CT molecular complexity index is 894. The molecule has 0 aliphatic heterocycles. The topological polar surface area (TPSA) is 52.0 Å². The smallest absolute Gasteiger partial charge is 0.406 e. The molecule has 1 aromatic heterocycles. The van der Waals surface area contributed by atoms with Gasteiger partial charge in [0.2, 0.25) is 5.95 Å². The molecule has 1 N–H and O–H groups in total. The highest BCUT2D eigenvalue weighted by Gasteiger charge is 2.30. The van der Waals surface area contributed by atoms with Gasteiger partial charge in [-0.2, -0.15) is 0 Å². The number of aryl methyl sites for hydroxylation is 1. The highest BCUT2D eigenvalue weighted by molar-refractivity contribution is 6.31. The molecule has 0 radical (unpaired) electrons. The van der Waals surface area contributed by atoms with Gasteiger partial charge in [-0.3, -0.25) is 0 Å². The lowest BCUT2D eigenvalue weighted by atomic mass is 10.1. The zero-order chi connectivity index (χ0) is 18.7. The Labute approximate surface area is 152 Å². The van der Waals surface area contributed by atoms with Crippen molar-refractivity contribution in [2.75, 3.05) is 5.32 Å². The summed E-state index contributed by atoms with van der Waals surface area (Å²) in [7, 11) is 0. The lowest BCUT2D eigenvalue weighted by Gasteiger charge is -2.09. The molecule has 0 unspecified atom stereocenters. The van der Waals surface area contributed by atoms with Gasteiger partial charge in [0, 0.05) is 11.6 Å². The Hall–Kier alpha value is -2.74. The summed E-state index contributed by atoms with van der Waals surface area (Å²) in [6.45, 7) is 2.40. The molecule has 0 saturated heterocycles. The van der Waals surface area contributed by atoms with E-state index < -0.39 is 6.36 Å². The fourth-order valence-corrected chi connectivity index (χ4v) is 2.54. The number of nitrogens with zero attached hydrogens (tertiary/aromatic N) is 3. The Morgan fingerprint density at radius 2 is 1.88 bits per heavy atom. The van der Waals surface area contributed by atoms with Crippen LogP contribution in [0.2, 0.25) is 5.02 Å². The number of nitrogens with one attached hydrogen (secondary N) is 1. The number of alkyl halides is 3. The van der Waals surface area contributed by atoms with E-state index in [2.05, 4.69) is 20.1 Å². The van der Waals surface area contributed by atoms with E-state index in [1.807, 2.05) is 25.1 Å².